The molecular formula is C12H14ClN3O2. The number of aromatic amines is 1. The summed E-state index contributed by atoms with van der Waals surface area (Å²) in [5.41, 5.74) is 0.421. The number of aromatic nitrogens is 3. The highest BCUT2D eigenvalue weighted by atomic mass is 35.5. The van der Waals surface area contributed by atoms with Crippen molar-refractivity contribution in [3.8, 4) is 5.75 Å². The number of halogens is 1. The van der Waals surface area contributed by atoms with Crippen LogP contribution in [0.3, 0.4) is 0 Å². The first-order valence-electron chi connectivity index (χ1n) is 5.94. The summed E-state index contributed by atoms with van der Waals surface area (Å²) in [6, 6.07) is 1.65. The SMILES string of the molecule is CC.O=c1[nH]cnc2cc(OC3CC3)c(Cl)nc12. The van der Waals surface area contributed by atoms with Crippen molar-refractivity contribution in [2.75, 3.05) is 0 Å². The Balaban J connectivity index is 0.000000574. The monoisotopic (exact) mass is 267 g/mol. The molecule has 2 aromatic heterocycles. The summed E-state index contributed by atoms with van der Waals surface area (Å²) in [7, 11) is 0. The van der Waals surface area contributed by atoms with E-state index in [-0.39, 0.29) is 22.3 Å². The number of H-pyrrole nitrogens is 1. The summed E-state index contributed by atoms with van der Waals surface area (Å²) in [5.74, 6) is 0.495. The maximum atomic E-state index is 11.4. The van der Waals surface area contributed by atoms with E-state index in [1.54, 1.807) is 6.07 Å². The Hall–Kier alpha value is -1.62. The zero-order valence-corrected chi connectivity index (χ0v) is 11.0. The number of nitrogens with zero attached hydrogens (tertiary/aromatic N) is 2. The largest absolute Gasteiger partial charge is 0.487 e. The Morgan fingerprint density at radius 1 is 1.44 bits per heavy atom. The van der Waals surface area contributed by atoms with E-state index in [0.717, 1.165) is 12.8 Å². The fourth-order valence-corrected chi connectivity index (χ4v) is 1.59. The molecule has 0 radical (unpaired) electrons. The minimum Gasteiger partial charge on any atom is -0.487 e. The van der Waals surface area contributed by atoms with Crippen LogP contribution in [-0.4, -0.2) is 21.1 Å². The van der Waals surface area contributed by atoms with Gasteiger partial charge in [0.2, 0.25) is 0 Å². The average Bonchev–Trinajstić information content (AvgIpc) is 3.18. The van der Waals surface area contributed by atoms with Gasteiger partial charge in [0, 0.05) is 6.07 Å². The van der Waals surface area contributed by atoms with Crippen LogP contribution in [0.4, 0.5) is 0 Å². The van der Waals surface area contributed by atoms with Crippen molar-refractivity contribution in [3.63, 3.8) is 0 Å². The zero-order chi connectivity index (χ0) is 13.1. The van der Waals surface area contributed by atoms with Crippen LogP contribution in [0.15, 0.2) is 17.2 Å². The maximum absolute atomic E-state index is 11.4. The molecule has 2 aromatic rings. The highest BCUT2D eigenvalue weighted by Crippen LogP contribution is 2.31. The predicted octanol–water partition coefficient (Wildman–Crippen LogP) is 2.54. The summed E-state index contributed by atoms with van der Waals surface area (Å²) in [4.78, 5) is 21.9. The molecule has 6 heteroatoms. The molecule has 0 spiro atoms. The van der Waals surface area contributed by atoms with Gasteiger partial charge in [-0.1, -0.05) is 25.4 Å². The second kappa shape index (κ2) is 5.35. The van der Waals surface area contributed by atoms with Gasteiger partial charge in [-0.3, -0.25) is 4.79 Å². The molecule has 1 fully saturated rings. The Morgan fingerprint density at radius 3 is 2.83 bits per heavy atom. The molecule has 18 heavy (non-hydrogen) atoms. The number of hydrogen-bond donors (Lipinski definition) is 1. The van der Waals surface area contributed by atoms with Gasteiger partial charge in [-0.05, 0) is 12.8 Å². The van der Waals surface area contributed by atoms with E-state index in [9.17, 15) is 4.79 Å². The zero-order valence-electron chi connectivity index (χ0n) is 10.2. The van der Waals surface area contributed by atoms with Crippen molar-refractivity contribution in [2.45, 2.75) is 32.8 Å². The van der Waals surface area contributed by atoms with Crippen molar-refractivity contribution in [1.82, 2.24) is 15.0 Å². The van der Waals surface area contributed by atoms with Crippen LogP contribution in [0.5, 0.6) is 5.75 Å². The summed E-state index contributed by atoms with van der Waals surface area (Å²) >= 11 is 5.93. The van der Waals surface area contributed by atoms with Crippen molar-refractivity contribution in [2.24, 2.45) is 0 Å². The number of ether oxygens (including phenoxy) is 1. The summed E-state index contributed by atoms with van der Waals surface area (Å²) in [6.07, 6.45) is 3.65. The van der Waals surface area contributed by atoms with Crippen molar-refractivity contribution in [1.29, 1.82) is 0 Å². The Bertz CT molecular complexity index is 608. The van der Waals surface area contributed by atoms with E-state index in [0.29, 0.717) is 11.3 Å². The molecule has 3 rings (SSSR count). The van der Waals surface area contributed by atoms with Gasteiger partial charge in [0.25, 0.3) is 5.56 Å². The quantitative estimate of drug-likeness (QED) is 0.849. The van der Waals surface area contributed by atoms with E-state index in [1.807, 2.05) is 13.8 Å². The number of pyridine rings is 1. The van der Waals surface area contributed by atoms with E-state index < -0.39 is 0 Å². The van der Waals surface area contributed by atoms with E-state index >= 15 is 0 Å². The van der Waals surface area contributed by atoms with Crippen LogP contribution >= 0.6 is 11.6 Å². The van der Waals surface area contributed by atoms with E-state index in [4.69, 9.17) is 16.3 Å². The third-order valence-electron chi connectivity index (χ3n) is 2.36. The number of hydrogen-bond acceptors (Lipinski definition) is 4. The van der Waals surface area contributed by atoms with Gasteiger partial charge in [0.05, 0.1) is 17.9 Å². The standard InChI is InChI=1S/C10H8ClN3O2.C2H6/c11-9-7(16-5-1-2-5)3-6-8(14-9)10(15)13-4-12-6;1-2/h3-5H,1-2H2,(H,12,13,15);1-2H3. The maximum Gasteiger partial charge on any atom is 0.277 e. The Morgan fingerprint density at radius 2 is 2.17 bits per heavy atom. The predicted molar refractivity (Wildman–Crippen MR) is 70.2 cm³/mol. The molecular weight excluding hydrogens is 254 g/mol. The van der Waals surface area contributed by atoms with Crippen LogP contribution in [0, 0.1) is 0 Å². The lowest BCUT2D eigenvalue weighted by molar-refractivity contribution is 0.302. The molecule has 0 unspecified atom stereocenters. The molecule has 96 valence electrons. The molecule has 0 aromatic carbocycles. The topological polar surface area (TPSA) is 67.9 Å². The lowest BCUT2D eigenvalue weighted by Gasteiger charge is -2.06. The van der Waals surface area contributed by atoms with E-state index in [1.165, 1.54) is 6.33 Å². The lowest BCUT2D eigenvalue weighted by atomic mass is 10.3. The number of nitrogens with one attached hydrogen (secondary N) is 1. The first-order chi connectivity index (χ1) is 8.74. The Kier molecular flexibility index (Phi) is 3.81. The number of rotatable bonds is 2. The van der Waals surface area contributed by atoms with Crippen molar-refractivity contribution in [3.05, 3.63) is 27.9 Å². The molecule has 5 nitrogen and oxygen atoms in total. The van der Waals surface area contributed by atoms with E-state index in [2.05, 4.69) is 15.0 Å². The molecule has 0 bridgehead atoms. The lowest BCUT2D eigenvalue weighted by Crippen LogP contribution is -2.09. The van der Waals surface area contributed by atoms with Gasteiger partial charge >= 0.3 is 0 Å². The van der Waals surface area contributed by atoms with Crippen LogP contribution < -0.4 is 10.3 Å². The van der Waals surface area contributed by atoms with Gasteiger partial charge in [0.1, 0.15) is 0 Å². The highest BCUT2D eigenvalue weighted by Gasteiger charge is 2.25. The first kappa shape index (κ1) is 12.8. The summed E-state index contributed by atoms with van der Waals surface area (Å²) in [5, 5.41) is 0.206. The molecule has 0 aliphatic heterocycles. The molecule has 1 N–H and O–H groups in total. The highest BCUT2D eigenvalue weighted by molar-refractivity contribution is 6.31. The Labute approximate surface area is 109 Å². The summed E-state index contributed by atoms with van der Waals surface area (Å²) in [6.45, 7) is 4.00. The second-order valence-electron chi connectivity index (χ2n) is 3.69. The molecule has 1 saturated carbocycles. The number of fused-ring (bicyclic) bond motifs is 1. The third-order valence-corrected chi connectivity index (χ3v) is 2.63. The van der Waals surface area contributed by atoms with Gasteiger partial charge in [-0.15, -0.1) is 0 Å². The van der Waals surface area contributed by atoms with Crippen molar-refractivity contribution >= 4 is 22.6 Å². The van der Waals surface area contributed by atoms with Gasteiger partial charge in [0.15, 0.2) is 16.4 Å². The molecule has 0 amide bonds. The minimum atomic E-state index is -0.301. The summed E-state index contributed by atoms with van der Waals surface area (Å²) < 4.78 is 5.56. The van der Waals surface area contributed by atoms with Gasteiger partial charge in [-0.25, -0.2) is 9.97 Å². The van der Waals surface area contributed by atoms with Gasteiger partial charge in [-0.2, -0.15) is 0 Å². The smallest absolute Gasteiger partial charge is 0.277 e. The fourth-order valence-electron chi connectivity index (χ4n) is 1.41. The first-order valence-corrected chi connectivity index (χ1v) is 6.32. The van der Waals surface area contributed by atoms with Crippen LogP contribution in [0.1, 0.15) is 26.7 Å². The average molecular weight is 268 g/mol. The molecule has 1 aliphatic carbocycles. The molecule has 1 aliphatic rings. The molecule has 0 saturated heterocycles. The third kappa shape index (κ3) is 2.61. The van der Waals surface area contributed by atoms with Crippen LogP contribution in [0.2, 0.25) is 5.15 Å². The fraction of sp³-hybridized carbons (Fsp3) is 0.417. The van der Waals surface area contributed by atoms with Crippen LogP contribution in [-0.2, 0) is 0 Å². The van der Waals surface area contributed by atoms with Crippen molar-refractivity contribution < 1.29 is 4.74 Å². The molecule has 2 heterocycles. The normalized spacial score (nSPS) is 13.9. The van der Waals surface area contributed by atoms with Crippen LogP contribution in [0.25, 0.3) is 11.0 Å². The second-order valence-corrected chi connectivity index (χ2v) is 4.05. The minimum absolute atomic E-state index is 0.206. The van der Waals surface area contributed by atoms with Gasteiger partial charge < -0.3 is 9.72 Å². The molecule has 0 atom stereocenters.